The van der Waals surface area contributed by atoms with Crippen LogP contribution in [0.3, 0.4) is 0 Å². The Morgan fingerprint density at radius 2 is 1.75 bits per heavy atom. The van der Waals surface area contributed by atoms with Gasteiger partial charge in [-0.2, -0.15) is 0 Å². The molecule has 0 saturated heterocycles. The molecule has 0 radical (unpaired) electrons. The van der Waals surface area contributed by atoms with Gasteiger partial charge in [0, 0.05) is 6.61 Å². The van der Waals surface area contributed by atoms with E-state index in [1.807, 2.05) is 0 Å². The van der Waals surface area contributed by atoms with Crippen molar-refractivity contribution in [1.82, 2.24) is 0 Å². The SMILES string of the molecule is CC1(C)CCCC2C[C@H](CO)C(C)(C)[C@]21C. The standard InChI is InChI=1S/C15H28O/c1-13(2)8-6-7-11-9-12(10-16)14(3,4)15(11,13)5/h11-12,16H,6-10H2,1-5H3/t11?,12-,15-/m1/s1. The van der Waals surface area contributed by atoms with Crippen LogP contribution in [-0.2, 0) is 0 Å². The molecule has 1 nitrogen and oxygen atoms in total. The highest BCUT2D eigenvalue weighted by Crippen LogP contribution is 2.70. The van der Waals surface area contributed by atoms with Crippen LogP contribution in [0, 0.1) is 28.1 Å². The summed E-state index contributed by atoms with van der Waals surface area (Å²) in [6.07, 6.45) is 5.34. The molecule has 0 aromatic heterocycles. The quantitative estimate of drug-likeness (QED) is 0.717. The molecule has 0 aromatic carbocycles. The molecule has 0 bridgehead atoms. The lowest BCUT2D eigenvalue weighted by molar-refractivity contribution is -0.0905. The zero-order valence-corrected chi connectivity index (χ0v) is 11.6. The van der Waals surface area contributed by atoms with Crippen LogP contribution in [0.5, 0.6) is 0 Å². The van der Waals surface area contributed by atoms with Gasteiger partial charge in [-0.1, -0.05) is 41.0 Å². The molecular formula is C15H28O. The van der Waals surface area contributed by atoms with Crippen molar-refractivity contribution in [3.8, 4) is 0 Å². The fourth-order valence-corrected chi connectivity index (χ4v) is 5.01. The van der Waals surface area contributed by atoms with E-state index in [4.69, 9.17) is 0 Å². The van der Waals surface area contributed by atoms with Gasteiger partial charge < -0.3 is 5.11 Å². The van der Waals surface area contributed by atoms with E-state index < -0.39 is 0 Å². The Balaban J connectivity index is 2.44. The minimum absolute atomic E-state index is 0.274. The van der Waals surface area contributed by atoms with Gasteiger partial charge in [0.15, 0.2) is 0 Å². The number of aliphatic hydroxyl groups is 1. The van der Waals surface area contributed by atoms with Gasteiger partial charge in [0.05, 0.1) is 0 Å². The monoisotopic (exact) mass is 224 g/mol. The molecule has 1 heteroatoms. The second-order valence-electron chi connectivity index (χ2n) is 7.51. The topological polar surface area (TPSA) is 20.2 Å². The van der Waals surface area contributed by atoms with Gasteiger partial charge in [-0.3, -0.25) is 0 Å². The third kappa shape index (κ3) is 1.27. The Labute approximate surface area is 101 Å². The number of hydrogen-bond acceptors (Lipinski definition) is 1. The van der Waals surface area contributed by atoms with Crippen molar-refractivity contribution in [1.29, 1.82) is 0 Å². The van der Waals surface area contributed by atoms with E-state index in [-0.39, 0.29) is 5.41 Å². The molecule has 2 rings (SSSR count). The van der Waals surface area contributed by atoms with Gasteiger partial charge in [-0.25, -0.2) is 0 Å². The van der Waals surface area contributed by atoms with Crippen molar-refractivity contribution in [2.45, 2.75) is 60.3 Å². The van der Waals surface area contributed by atoms with Crippen LogP contribution in [0.25, 0.3) is 0 Å². The maximum absolute atomic E-state index is 9.63. The lowest BCUT2D eigenvalue weighted by Crippen LogP contribution is -2.50. The first-order valence-corrected chi connectivity index (χ1v) is 6.88. The molecule has 0 amide bonds. The highest BCUT2D eigenvalue weighted by Gasteiger charge is 2.63. The minimum atomic E-state index is 0.274. The van der Waals surface area contributed by atoms with Crippen molar-refractivity contribution < 1.29 is 5.11 Å². The summed E-state index contributed by atoms with van der Waals surface area (Å²) in [7, 11) is 0. The summed E-state index contributed by atoms with van der Waals surface area (Å²) in [4.78, 5) is 0. The predicted octanol–water partition coefficient (Wildman–Crippen LogP) is 3.86. The van der Waals surface area contributed by atoms with Crippen molar-refractivity contribution in [2.24, 2.45) is 28.1 Å². The van der Waals surface area contributed by atoms with Crippen LogP contribution in [0.15, 0.2) is 0 Å². The summed E-state index contributed by atoms with van der Waals surface area (Å²) in [6, 6.07) is 0. The van der Waals surface area contributed by atoms with Crippen LogP contribution in [-0.4, -0.2) is 11.7 Å². The molecule has 2 aliphatic carbocycles. The Hall–Kier alpha value is -0.0400. The van der Waals surface area contributed by atoms with Crippen LogP contribution in [0.2, 0.25) is 0 Å². The highest BCUT2D eigenvalue weighted by molar-refractivity contribution is 5.12. The van der Waals surface area contributed by atoms with Gasteiger partial charge in [-0.15, -0.1) is 0 Å². The molecule has 2 aliphatic rings. The molecule has 2 fully saturated rings. The van der Waals surface area contributed by atoms with Crippen molar-refractivity contribution in [3.05, 3.63) is 0 Å². The summed E-state index contributed by atoms with van der Waals surface area (Å²) in [5.74, 6) is 1.32. The second-order valence-corrected chi connectivity index (χ2v) is 7.51. The maximum atomic E-state index is 9.63. The van der Waals surface area contributed by atoms with Gasteiger partial charge in [0.2, 0.25) is 0 Å². The molecule has 16 heavy (non-hydrogen) atoms. The number of fused-ring (bicyclic) bond motifs is 1. The normalized spacial score (nSPS) is 45.4. The highest BCUT2D eigenvalue weighted by atomic mass is 16.3. The van der Waals surface area contributed by atoms with E-state index in [0.29, 0.717) is 23.4 Å². The maximum Gasteiger partial charge on any atom is 0.0464 e. The fourth-order valence-electron chi connectivity index (χ4n) is 5.01. The molecule has 1 N–H and O–H groups in total. The second kappa shape index (κ2) is 3.48. The van der Waals surface area contributed by atoms with E-state index in [1.54, 1.807) is 0 Å². The summed E-state index contributed by atoms with van der Waals surface area (Å²) < 4.78 is 0. The first-order valence-electron chi connectivity index (χ1n) is 6.88. The van der Waals surface area contributed by atoms with E-state index in [2.05, 4.69) is 34.6 Å². The molecular weight excluding hydrogens is 196 g/mol. The van der Waals surface area contributed by atoms with Crippen molar-refractivity contribution in [3.63, 3.8) is 0 Å². The Morgan fingerprint density at radius 3 is 2.25 bits per heavy atom. The molecule has 0 aliphatic heterocycles. The van der Waals surface area contributed by atoms with E-state index >= 15 is 0 Å². The summed E-state index contributed by atoms with van der Waals surface area (Å²) >= 11 is 0. The molecule has 0 aromatic rings. The summed E-state index contributed by atoms with van der Waals surface area (Å²) in [5, 5.41) is 9.63. The van der Waals surface area contributed by atoms with E-state index in [0.717, 1.165) is 5.92 Å². The third-order valence-electron chi connectivity index (χ3n) is 6.73. The zero-order chi connectivity index (χ0) is 12.2. The first-order chi connectivity index (χ1) is 7.27. The number of aliphatic hydroxyl groups excluding tert-OH is 1. The Morgan fingerprint density at radius 1 is 1.12 bits per heavy atom. The average Bonchev–Trinajstić information content (AvgIpc) is 2.38. The van der Waals surface area contributed by atoms with Crippen LogP contribution < -0.4 is 0 Å². The zero-order valence-electron chi connectivity index (χ0n) is 11.6. The van der Waals surface area contributed by atoms with Gasteiger partial charge in [0.25, 0.3) is 0 Å². The van der Waals surface area contributed by atoms with E-state index in [9.17, 15) is 5.11 Å². The molecule has 0 spiro atoms. The largest absolute Gasteiger partial charge is 0.396 e. The van der Waals surface area contributed by atoms with Gasteiger partial charge in [0.1, 0.15) is 0 Å². The first kappa shape index (κ1) is 12.4. The van der Waals surface area contributed by atoms with Crippen molar-refractivity contribution in [2.75, 3.05) is 6.61 Å². The fraction of sp³-hybridized carbons (Fsp3) is 1.00. The molecule has 2 saturated carbocycles. The third-order valence-corrected chi connectivity index (χ3v) is 6.73. The smallest absolute Gasteiger partial charge is 0.0464 e. The lowest BCUT2D eigenvalue weighted by Gasteiger charge is -2.57. The summed E-state index contributed by atoms with van der Waals surface area (Å²) in [5.41, 5.74) is 1.09. The average molecular weight is 224 g/mol. The van der Waals surface area contributed by atoms with Crippen LogP contribution in [0.4, 0.5) is 0 Å². The number of rotatable bonds is 1. The van der Waals surface area contributed by atoms with Crippen LogP contribution >= 0.6 is 0 Å². The van der Waals surface area contributed by atoms with Gasteiger partial charge >= 0.3 is 0 Å². The Kier molecular flexibility index (Phi) is 2.70. The number of hydrogen-bond donors (Lipinski definition) is 1. The summed E-state index contributed by atoms with van der Waals surface area (Å²) in [6.45, 7) is 12.5. The molecule has 3 atom stereocenters. The minimum Gasteiger partial charge on any atom is -0.396 e. The molecule has 1 unspecified atom stereocenters. The molecule has 94 valence electrons. The Bertz CT molecular complexity index is 279. The predicted molar refractivity (Wildman–Crippen MR) is 68.2 cm³/mol. The lowest BCUT2D eigenvalue weighted by atomic mass is 9.47. The molecule has 0 heterocycles. The van der Waals surface area contributed by atoms with E-state index in [1.165, 1.54) is 25.7 Å². The van der Waals surface area contributed by atoms with Gasteiger partial charge in [-0.05, 0) is 47.3 Å². The van der Waals surface area contributed by atoms with Crippen molar-refractivity contribution >= 4 is 0 Å². The van der Waals surface area contributed by atoms with Crippen LogP contribution in [0.1, 0.15) is 60.3 Å².